The van der Waals surface area contributed by atoms with Gasteiger partial charge in [0, 0.05) is 52.0 Å². The number of amides is 1. The number of hydrogen-bond acceptors (Lipinski definition) is 5. The van der Waals surface area contributed by atoms with Crippen molar-refractivity contribution in [1.82, 2.24) is 23.7 Å². The van der Waals surface area contributed by atoms with Crippen LogP contribution in [-0.4, -0.2) is 83.3 Å². The largest absolute Gasteiger partial charge is 0.342 e. The van der Waals surface area contributed by atoms with E-state index in [-0.39, 0.29) is 10.9 Å². The van der Waals surface area contributed by atoms with Gasteiger partial charge in [-0.15, -0.1) is 0 Å². The molecular weight excluding hydrogens is 378 g/mol. The Bertz CT molecular complexity index is 794. The quantitative estimate of drug-likeness (QED) is 0.739. The highest BCUT2D eigenvalue weighted by Crippen LogP contribution is 2.27. The molecule has 3 aliphatic heterocycles. The zero-order valence-electron chi connectivity index (χ0n) is 16.7. The van der Waals surface area contributed by atoms with Gasteiger partial charge in [-0.1, -0.05) is 0 Å². The molecule has 1 aromatic heterocycles. The highest BCUT2D eigenvalue weighted by atomic mass is 32.2. The van der Waals surface area contributed by atoms with Crippen molar-refractivity contribution in [1.29, 1.82) is 0 Å². The van der Waals surface area contributed by atoms with E-state index in [9.17, 15) is 13.2 Å². The van der Waals surface area contributed by atoms with Gasteiger partial charge in [0.2, 0.25) is 5.91 Å². The number of likely N-dealkylation sites (tertiary alicyclic amines) is 2. The minimum atomic E-state index is -3.51. The standard InChI is InChI=1S/C19H31N5O3S/c1-21-14-18(20-15-21)28(26,27)24-11-6-17(7-12-24)23-10-4-5-16(13-23)19(25)22-8-2-3-9-22/h14-17H,2-13H2,1H3/t16-/m0/s1. The molecule has 28 heavy (non-hydrogen) atoms. The van der Waals surface area contributed by atoms with E-state index in [0.717, 1.165) is 64.7 Å². The number of piperidine rings is 2. The fourth-order valence-corrected chi connectivity index (χ4v) is 6.27. The molecule has 0 aliphatic carbocycles. The van der Waals surface area contributed by atoms with E-state index in [0.29, 0.717) is 25.0 Å². The van der Waals surface area contributed by atoms with Crippen LogP contribution in [0.4, 0.5) is 0 Å². The number of aromatic nitrogens is 2. The number of hydrogen-bond donors (Lipinski definition) is 0. The SMILES string of the molecule is Cn1cnc(S(=O)(=O)N2CCC(N3CCC[C@H](C(=O)N4CCCC4)C3)CC2)c1. The smallest absolute Gasteiger partial charge is 0.262 e. The van der Waals surface area contributed by atoms with Gasteiger partial charge in [0.15, 0.2) is 5.03 Å². The minimum Gasteiger partial charge on any atom is -0.342 e. The van der Waals surface area contributed by atoms with Crippen molar-refractivity contribution in [2.75, 3.05) is 39.3 Å². The molecule has 1 amide bonds. The average molecular weight is 410 g/mol. The Morgan fingerprint density at radius 1 is 1.04 bits per heavy atom. The molecule has 156 valence electrons. The second kappa shape index (κ2) is 8.12. The van der Waals surface area contributed by atoms with E-state index < -0.39 is 10.0 Å². The van der Waals surface area contributed by atoms with E-state index in [1.54, 1.807) is 22.1 Å². The molecule has 3 aliphatic rings. The highest BCUT2D eigenvalue weighted by Gasteiger charge is 2.36. The number of carbonyl (C=O) groups excluding carboxylic acids is 1. The zero-order valence-corrected chi connectivity index (χ0v) is 17.5. The molecule has 0 bridgehead atoms. The first-order valence-corrected chi connectivity index (χ1v) is 11.9. The van der Waals surface area contributed by atoms with Gasteiger partial charge in [0.25, 0.3) is 10.0 Å². The first kappa shape index (κ1) is 19.8. The van der Waals surface area contributed by atoms with Crippen LogP contribution in [0.25, 0.3) is 0 Å². The average Bonchev–Trinajstić information content (AvgIpc) is 3.40. The summed E-state index contributed by atoms with van der Waals surface area (Å²) in [6, 6.07) is 0.365. The van der Waals surface area contributed by atoms with E-state index in [1.807, 2.05) is 4.90 Å². The second-order valence-electron chi connectivity index (χ2n) is 8.38. The van der Waals surface area contributed by atoms with Crippen LogP contribution < -0.4 is 0 Å². The van der Waals surface area contributed by atoms with Crippen molar-refractivity contribution in [2.24, 2.45) is 13.0 Å². The van der Waals surface area contributed by atoms with Crippen LogP contribution in [-0.2, 0) is 21.9 Å². The summed E-state index contributed by atoms with van der Waals surface area (Å²) in [4.78, 5) is 21.3. The molecule has 0 aromatic carbocycles. The third-order valence-electron chi connectivity index (χ3n) is 6.45. The van der Waals surface area contributed by atoms with Crippen LogP contribution in [0.2, 0.25) is 0 Å². The number of sulfonamides is 1. The molecule has 9 heteroatoms. The van der Waals surface area contributed by atoms with E-state index in [1.165, 1.54) is 6.33 Å². The molecule has 4 rings (SSSR count). The molecule has 4 heterocycles. The van der Waals surface area contributed by atoms with Gasteiger partial charge in [-0.05, 0) is 45.1 Å². The molecule has 3 saturated heterocycles. The Morgan fingerprint density at radius 3 is 2.39 bits per heavy atom. The molecule has 0 spiro atoms. The minimum absolute atomic E-state index is 0.113. The Morgan fingerprint density at radius 2 is 1.75 bits per heavy atom. The van der Waals surface area contributed by atoms with E-state index >= 15 is 0 Å². The fourth-order valence-electron chi connectivity index (χ4n) is 4.84. The lowest BCUT2D eigenvalue weighted by Crippen LogP contribution is -2.51. The normalized spacial score (nSPS) is 26.0. The zero-order chi connectivity index (χ0) is 19.7. The Balaban J connectivity index is 1.33. The van der Waals surface area contributed by atoms with Gasteiger partial charge in [-0.25, -0.2) is 13.4 Å². The summed E-state index contributed by atoms with van der Waals surface area (Å²) < 4.78 is 28.7. The number of carbonyl (C=O) groups is 1. The lowest BCUT2D eigenvalue weighted by Gasteiger charge is -2.42. The van der Waals surface area contributed by atoms with Crippen molar-refractivity contribution < 1.29 is 13.2 Å². The van der Waals surface area contributed by atoms with Crippen LogP contribution >= 0.6 is 0 Å². The van der Waals surface area contributed by atoms with Crippen molar-refractivity contribution in [3.63, 3.8) is 0 Å². The van der Waals surface area contributed by atoms with Crippen LogP contribution in [0.1, 0.15) is 38.5 Å². The summed E-state index contributed by atoms with van der Waals surface area (Å²) in [6.07, 6.45) is 9.01. The molecule has 0 unspecified atom stereocenters. The van der Waals surface area contributed by atoms with Gasteiger partial charge in [0.1, 0.15) is 0 Å². The van der Waals surface area contributed by atoms with Gasteiger partial charge < -0.3 is 9.47 Å². The maximum Gasteiger partial charge on any atom is 0.262 e. The number of rotatable bonds is 4. The highest BCUT2D eigenvalue weighted by molar-refractivity contribution is 7.89. The van der Waals surface area contributed by atoms with Crippen LogP contribution in [0.15, 0.2) is 17.6 Å². The first-order chi connectivity index (χ1) is 13.4. The Labute approximate surface area is 167 Å². The van der Waals surface area contributed by atoms with Crippen LogP contribution in [0.5, 0.6) is 0 Å². The Kier molecular flexibility index (Phi) is 5.76. The second-order valence-corrected chi connectivity index (χ2v) is 10.3. The maximum absolute atomic E-state index is 12.8. The van der Waals surface area contributed by atoms with Crippen molar-refractivity contribution in [2.45, 2.75) is 49.6 Å². The molecule has 0 N–H and O–H groups in total. The predicted octanol–water partition coefficient (Wildman–Crippen LogP) is 0.908. The van der Waals surface area contributed by atoms with Crippen molar-refractivity contribution >= 4 is 15.9 Å². The molecule has 8 nitrogen and oxygen atoms in total. The lowest BCUT2D eigenvalue weighted by molar-refractivity contribution is -0.136. The van der Waals surface area contributed by atoms with Crippen molar-refractivity contribution in [3.8, 4) is 0 Å². The predicted molar refractivity (Wildman–Crippen MR) is 105 cm³/mol. The maximum atomic E-state index is 12.8. The molecule has 3 fully saturated rings. The third-order valence-corrected chi connectivity index (χ3v) is 8.23. The van der Waals surface area contributed by atoms with Gasteiger partial charge in [-0.3, -0.25) is 9.69 Å². The summed E-state index contributed by atoms with van der Waals surface area (Å²) in [6.45, 7) is 4.71. The molecule has 0 radical (unpaired) electrons. The molecule has 1 atom stereocenters. The monoisotopic (exact) mass is 409 g/mol. The summed E-state index contributed by atoms with van der Waals surface area (Å²) in [5, 5.41) is 0.127. The summed E-state index contributed by atoms with van der Waals surface area (Å²) in [5.74, 6) is 0.444. The van der Waals surface area contributed by atoms with Crippen molar-refractivity contribution in [3.05, 3.63) is 12.5 Å². The van der Waals surface area contributed by atoms with Crippen LogP contribution in [0, 0.1) is 5.92 Å². The summed E-state index contributed by atoms with van der Waals surface area (Å²) in [5.41, 5.74) is 0. The van der Waals surface area contributed by atoms with E-state index in [4.69, 9.17) is 0 Å². The van der Waals surface area contributed by atoms with Gasteiger partial charge in [-0.2, -0.15) is 4.31 Å². The van der Waals surface area contributed by atoms with Gasteiger partial charge >= 0.3 is 0 Å². The summed E-state index contributed by atoms with van der Waals surface area (Å²) in [7, 11) is -1.74. The Hall–Kier alpha value is -1.45. The number of nitrogens with zero attached hydrogens (tertiary/aromatic N) is 5. The van der Waals surface area contributed by atoms with Crippen LogP contribution in [0.3, 0.4) is 0 Å². The fraction of sp³-hybridized carbons (Fsp3) is 0.789. The number of imidazole rings is 1. The third kappa shape index (κ3) is 3.97. The first-order valence-electron chi connectivity index (χ1n) is 10.5. The van der Waals surface area contributed by atoms with Gasteiger partial charge in [0.05, 0.1) is 12.2 Å². The number of aryl methyl sites for hydroxylation is 1. The topological polar surface area (TPSA) is 78.8 Å². The molecule has 0 saturated carbocycles. The molecule has 1 aromatic rings. The molecular formula is C19H31N5O3S. The summed E-state index contributed by atoms with van der Waals surface area (Å²) >= 11 is 0. The van der Waals surface area contributed by atoms with E-state index in [2.05, 4.69) is 9.88 Å². The lowest BCUT2D eigenvalue weighted by atomic mass is 9.93.